The zero-order valence-electron chi connectivity index (χ0n) is 13.2. The van der Waals surface area contributed by atoms with Gasteiger partial charge in [0.05, 0.1) is 9.89 Å². The number of halogens is 5. The molecule has 1 N–H and O–H groups in total. The zero-order chi connectivity index (χ0) is 18.9. The Bertz CT molecular complexity index is 650. The van der Waals surface area contributed by atoms with Crippen LogP contribution in [0.1, 0.15) is 33.3 Å². The highest BCUT2D eigenvalue weighted by atomic mass is 79.9. The Hall–Kier alpha value is -1.16. The first-order valence-electron chi connectivity index (χ1n) is 6.61. The van der Waals surface area contributed by atoms with Crippen LogP contribution < -0.4 is 10.1 Å². The largest absolute Gasteiger partial charge is 0.422 e. The van der Waals surface area contributed by atoms with E-state index in [4.69, 9.17) is 4.74 Å². The second kappa shape index (κ2) is 6.99. The minimum Gasteiger partial charge on any atom is -0.422 e. The fourth-order valence-corrected chi connectivity index (χ4v) is 1.43. The highest BCUT2D eigenvalue weighted by Gasteiger charge is 2.34. The predicted octanol–water partition coefficient (Wildman–Crippen LogP) is 4.29. The Labute approximate surface area is 153 Å². The summed E-state index contributed by atoms with van der Waals surface area (Å²) >= 11 is 6.17. The van der Waals surface area contributed by atoms with Gasteiger partial charge in [-0.3, -0.25) is 9.59 Å². The van der Waals surface area contributed by atoms with Crippen molar-refractivity contribution in [3.8, 4) is 5.75 Å². The van der Waals surface area contributed by atoms with Crippen molar-refractivity contribution >= 4 is 49.6 Å². The summed E-state index contributed by atoms with van der Waals surface area (Å²) in [6.45, 7) is 6.02. The van der Waals surface area contributed by atoms with Crippen LogP contribution in [0, 0.1) is 0 Å². The molecule has 0 atom stereocenters. The summed E-state index contributed by atoms with van der Waals surface area (Å²) < 4.78 is 41.4. The van der Waals surface area contributed by atoms with Gasteiger partial charge >= 0.3 is 12.1 Å². The number of hydrogen-bond acceptors (Lipinski definition) is 4. The Morgan fingerprint density at radius 1 is 1.12 bits per heavy atom. The number of hydrogen-bond donors (Lipinski definition) is 1. The molecule has 0 aliphatic carbocycles. The second-order valence-corrected chi connectivity index (χ2v) is 9.82. The minimum atomic E-state index is -4.67. The minimum absolute atomic E-state index is 0.286. The number of rotatable bonds is 4. The van der Waals surface area contributed by atoms with Crippen LogP contribution in [0.25, 0.3) is 0 Å². The molecule has 0 spiro atoms. The van der Waals surface area contributed by atoms with Crippen molar-refractivity contribution in [2.45, 2.75) is 42.5 Å². The molecular formula is C14H15Br2F3N2O3. The van der Waals surface area contributed by atoms with E-state index < -0.39 is 38.0 Å². The van der Waals surface area contributed by atoms with Gasteiger partial charge in [0.2, 0.25) is 5.91 Å². The molecule has 0 bridgehead atoms. The van der Waals surface area contributed by atoms with E-state index in [0.717, 1.165) is 0 Å². The topological polar surface area (TPSA) is 68.3 Å². The number of nitrogens with one attached hydrogen (secondary N) is 1. The average molecular weight is 476 g/mol. The van der Waals surface area contributed by atoms with E-state index in [-0.39, 0.29) is 5.82 Å². The Kier molecular flexibility index (Phi) is 6.08. The molecule has 0 aliphatic heterocycles. The van der Waals surface area contributed by atoms with Gasteiger partial charge in [-0.2, -0.15) is 13.2 Å². The standard InChI is InChI=1S/C14H15Br2F3N2O3/c1-12(2,15)10(22)21-9-8(24-11(23)13(3,4)16)5-7(6-20-9)14(17,18)19/h5-6H,1-4H3,(H,20,21,22). The number of anilines is 1. The normalized spacial score (nSPS) is 12.7. The maximum absolute atomic E-state index is 12.8. The smallest absolute Gasteiger partial charge is 0.418 e. The maximum Gasteiger partial charge on any atom is 0.418 e. The molecule has 1 rings (SSSR count). The Morgan fingerprint density at radius 3 is 2.08 bits per heavy atom. The lowest BCUT2D eigenvalue weighted by atomic mass is 10.2. The number of carbonyl (C=O) groups is 2. The molecule has 134 valence electrons. The van der Waals surface area contributed by atoms with Gasteiger partial charge in [-0.05, 0) is 33.8 Å². The first kappa shape index (κ1) is 20.9. The highest BCUT2D eigenvalue weighted by molar-refractivity contribution is 9.10. The van der Waals surface area contributed by atoms with Crippen molar-refractivity contribution in [3.05, 3.63) is 17.8 Å². The van der Waals surface area contributed by atoms with E-state index in [1.165, 1.54) is 13.8 Å². The summed E-state index contributed by atoms with van der Waals surface area (Å²) in [4.78, 5) is 27.5. The molecule has 0 unspecified atom stereocenters. The highest BCUT2D eigenvalue weighted by Crippen LogP contribution is 2.35. The summed E-state index contributed by atoms with van der Waals surface area (Å²) in [5.74, 6) is -2.18. The molecule has 1 amide bonds. The summed E-state index contributed by atoms with van der Waals surface area (Å²) in [5, 5.41) is 2.33. The van der Waals surface area contributed by atoms with Crippen molar-refractivity contribution in [1.82, 2.24) is 4.98 Å². The average Bonchev–Trinajstić information content (AvgIpc) is 2.37. The van der Waals surface area contributed by atoms with Gasteiger partial charge in [0.1, 0.15) is 4.32 Å². The van der Waals surface area contributed by atoms with Crippen molar-refractivity contribution in [1.29, 1.82) is 0 Å². The number of carbonyl (C=O) groups excluding carboxylic acids is 2. The lowest BCUT2D eigenvalue weighted by molar-refractivity contribution is -0.139. The molecule has 1 aromatic heterocycles. The number of ether oxygens (including phenoxy) is 1. The molecular weight excluding hydrogens is 461 g/mol. The van der Waals surface area contributed by atoms with Crippen molar-refractivity contribution in [2.75, 3.05) is 5.32 Å². The van der Waals surface area contributed by atoms with Crippen LogP contribution in [0.5, 0.6) is 5.75 Å². The molecule has 1 heterocycles. The van der Waals surface area contributed by atoms with Crippen LogP contribution in [0.2, 0.25) is 0 Å². The molecule has 0 aliphatic rings. The third-order valence-corrected chi connectivity index (χ3v) is 3.32. The molecule has 24 heavy (non-hydrogen) atoms. The number of alkyl halides is 5. The molecule has 0 saturated carbocycles. The van der Waals surface area contributed by atoms with E-state index in [1.54, 1.807) is 13.8 Å². The quantitative estimate of drug-likeness (QED) is 0.521. The second-order valence-electron chi connectivity index (χ2n) is 5.86. The number of nitrogens with zero attached hydrogens (tertiary/aromatic N) is 1. The van der Waals surface area contributed by atoms with Crippen LogP contribution in [0.3, 0.4) is 0 Å². The van der Waals surface area contributed by atoms with Gasteiger partial charge < -0.3 is 10.1 Å². The molecule has 0 saturated heterocycles. The zero-order valence-corrected chi connectivity index (χ0v) is 16.4. The first-order chi connectivity index (χ1) is 10.6. The monoisotopic (exact) mass is 474 g/mol. The lowest BCUT2D eigenvalue weighted by Gasteiger charge is -2.20. The van der Waals surface area contributed by atoms with Crippen LogP contribution in [-0.2, 0) is 15.8 Å². The number of aromatic nitrogens is 1. The van der Waals surface area contributed by atoms with Crippen LogP contribution in [0.4, 0.5) is 19.0 Å². The SMILES string of the molecule is CC(C)(Br)C(=O)Nc1ncc(C(F)(F)F)cc1OC(=O)C(C)(C)Br. The van der Waals surface area contributed by atoms with Crippen LogP contribution in [-0.4, -0.2) is 25.5 Å². The summed E-state index contributed by atoms with van der Waals surface area (Å²) in [7, 11) is 0. The van der Waals surface area contributed by atoms with Gasteiger partial charge in [-0.1, -0.05) is 31.9 Å². The third-order valence-electron chi connectivity index (χ3n) is 2.64. The fraction of sp³-hybridized carbons (Fsp3) is 0.500. The summed E-state index contributed by atoms with van der Waals surface area (Å²) in [6, 6.07) is 0.612. The number of pyridine rings is 1. The molecule has 0 aromatic carbocycles. The molecule has 0 fully saturated rings. The molecule has 10 heteroatoms. The van der Waals surface area contributed by atoms with Gasteiger partial charge in [-0.25, -0.2) is 4.98 Å². The predicted molar refractivity (Wildman–Crippen MR) is 89.5 cm³/mol. The third kappa shape index (κ3) is 5.73. The van der Waals surface area contributed by atoms with Crippen LogP contribution in [0.15, 0.2) is 12.3 Å². The Morgan fingerprint density at radius 2 is 1.67 bits per heavy atom. The maximum atomic E-state index is 12.8. The van der Waals surface area contributed by atoms with E-state index in [9.17, 15) is 22.8 Å². The fourth-order valence-electron chi connectivity index (χ4n) is 1.25. The van der Waals surface area contributed by atoms with E-state index in [2.05, 4.69) is 42.2 Å². The van der Waals surface area contributed by atoms with Crippen molar-refractivity contribution in [3.63, 3.8) is 0 Å². The van der Waals surface area contributed by atoms with E-state index in [1.807, 2.05) is 0 Å². The number of amides is 1. The van der Waals surface area contributed by atoms with Gasteiger partial charge in [0, 0.05) is 6.20 Å². The summed E-state index contributed by atoms with van der Waals surface area (Å²) in [6.07, 6.45) is -4.12. The van der Waals surface area contributed by atoms with Gasteiger partial charge in [0.25, 0.3) is 0 Å². The first-order valence-corrected chi connectivity index (χ1v) is 8.20. The van der Waals surface area contributed by atoms with E-state index >= 15 is 0 Å². The van der Waals surface area contributed by atoms with Crippen molar-refractivity contribution < 1.29 is 27.5 Å². The Balaban J connectivity index is 3.28. The van der Waals surface area contributed by atoms with Gasteiger partial charge in [0.15, 0.2) is 11.6 Å². The van der Waals surface area contributed by atoms with Crippen molar-refractivity contribution in [2.24, 2.45) is 0 Å². The molecule has 0 radical (unpaired) electrons. The van der Waals surface area contributed by atoms with Gasteiger partial charge in [-0.15, -0.1) is 0 Å². The van der Waals surface area contributed by atoms with Crippen LogP contribution >= 0.6 is 31.9 Å². The molecule has 1 aromatic rings. The molecule has 5 nitrogen and oxygen atoms in total. The lowest BCUT2D eigenvalue weighted by Crippen LogP contribution is -2.33. The summed E-state index contributed by atoms with van der Waals surface area (Å²) in [5.41, 5.74) is -1.10. The number of esters is 1. The van der Waals surface area contributed by atoms with E-state index in [0.29, 0.717) is 12.3 Å².